The third kappa shape index (κ3) is 4.92. The molecule has 3 aromatic rings. The van der Waals surface area contributed by atoms with Gasteiger partial charge in [-0.15, -0.1) is 0 Å². The highest BCUT2D eigenvalue weighted by molar-refractivity contribution is 6.06. The van der Waals surface area contributed by atoms with Crippen LogP contribution in [0, 0.1) is 11.3 Å². The minimum absolute atomic E-state index is 0.0844. The predicted molar refractivity (Wildman–Crippen MR) is 132 cm³/mol. The van der Waals surface area contributed by atoms with E-state index < -0.39 is 11.4 Å². The number of nitrogens with zero attached hydrogens (tertiary/aromatic N) is 1. The fourth-order valence-electron chi connectivity index (χ4n) is 4.36. The average molecular weight is 464 g/mol. The Kier molecular flexibility index (Phi) is 6.93. The maximum absolute atomic E-state index is 13.4. The van der Waals surface area contributed by atoms with Gasteiger partial charge in [0, 0.05) is 6.42 Å². The second kappa shape index (κ2) is 10.2. The van der Waals surface area contributed by atoms with Crippen LogP contribution in [0.3, 0.4) is 0 Å². The zero-order valence-electron chi connectivity index (χ0n) is 19.7. The summed E-state index contributed by atoms with van der Waals surface area (Å²) in [5.41, 5.74) is 1.83. The van der Waals surface area contributed by atoms with E-state index in [1.165, 1.54) is 6.92 Å². The van der Waals surface area contributed by atoms with Crippen LogP contribution in [0.15, 0.2) is 108 Å². The van der Waals surface area contributed by atoms with Gasteiger partial charge in [0.1, 0.15) is 29.3 Å². The van der Waals surface area contributed by atoms with E-state index in [9.17, 15) is 9.59 Å². The lowest BCUT2D eigenvalue weighted by molar-refractivity contribution is -0.142. The summed E-state index contributed by atoms with van der Waals surface area (Å²) in [4.78, 5) is 26.8. The molecule has 1 atom stereocenters. The lowest BCUT2D eigenvalue weighted by Crippen LogP contribution is -2.41. The van der Waals surface area contributed by atoms with Crippen LogP contribution < -0.4 is 0 Å². The van der Waals surface area contributed by atoms with Crippen LogP contribution in [0.4, 0.5) is 0 Å². The first-order valence-corrected chi connectivity index (χ1v) is 11.3. The Hall–Kier alpha value is -4.43. The van der Waals surface area contributed by atoms with Gasteiger partial charge >= 0.3 is 5.97 Å². The van der Waals surface area contributed by atoms with Crippen LogP contribution in [0.2, 0.25) is 0 Å². The molecule has 0 saturated heterocycles. The van der Waals surface area contributed by atoms with Crippen LogP contribution in [0.5, 0.6) is 0 Å². The fraction of sp³-hybridized carbons (Fsp3) is 0.167. The van der Waals surface area contributed by atoms with Gasteiger partial charge in [-0.1, -0.05) is 72.8 Å². The van der Waals surface area contributed by atoms with Gasteiger partial charge in [-0.05, 0) is 48.7 Å². The second-order valence-corrected chi connectivity index (χ2v) is 8.42. The van der Waals surface area contributed by atoms with Crippen molar-refractivity contribution in [1.29, 1.82) is 5.26 Å². The average Bonchev–Trinajstić information content (AvgIpc) is 2.88. The lowest BCUT2D eigenvalue weighted by Gasteiger charge is -2.35. The molecule has 5 nitrogen and oxygen atoms in total. The summed E-state index contributed by atoms with van der Waals surface area (Å²) in [7, 11) is 0. The van der Waals surface area contributed by atoms with Crippen molar-refractivity contribution in [3.8, 4) is 6.07 Å². The van der Waals surface area contributed by atoms with Gasteiger partial charge in [0.05, 0.1) is 17.2 Å². The number of hydrogen-bond acceptors (Lipinski definition) is 5. The minimum atomic E-state index is -1.35. The molecule has 3 aromatic carbocycles. The molecule has 174 valence electrons. The van der Waals surface area contributed by atoms with E-state index >= 15 is 0 Å². The molecule has 0 radical (unpaired) electrons. The summed E-state index contributed by atoms with van der Waals surface area (Å²) in [6.07, 6.45) is 2.13. The molecule has 0 spiro atoms. The number of carbonyl (C=O) groups is 2. The number of hydrogen-bond donors (Lipinski definition) is 0. The first kappa shape index (κ1) is 23.7. The highest BCUT2D eigenvalue weighted by Crippen LogP contribution is 2.43. The smallest absolute Gasteiger partial charge is 0.339 e. The van der Waals surface area contributed by atoms with Crippen molar-refractivity contribution < 1.29 is 19.1 Å². The van der Waals surface area contributed by atoms with Crippen LogP contribution in [-0.4, -0.2) is 11.8 Å². The van der Waals surface area contributed by atoms with Crippen molar-refractivity contribution in [2.24, 2.45) is 0 Å². The molecular formula is C30H25NO4. The Morgan fingerprint density at radius 3 is 2.14 bits per heavy atom. The third-order valence-corrected chi connectivity index (χ3v) is 6.07. The van der Waals surface area contributed by atoms with Crippen LogP contribution >= 0.6 is 0 Å². The Morgan fingerprint density at radius 1 is 0.914 bits per heavy atom. The molecule has 1 aliphatic rings. The lowest BCUT2D eigenvalue weighted by atomic mass is 9.69. The van der Waals surface area contributed by atoms with Crippen molar-refractivity contribution in [1.82, 2.24) is 0 Å². The molecule has 1 heterocycles. The van der Waals surface area contributed by atoms with E-state index in [0.29, 0.717) is 29.1 Å². The fourth-order valence-corrected chi connectivity index (χ4v) is 4.36. The summed E-state index contributed by atoms with van der Waals surface area (Å²) in [5.74, 6) is 0.0635. The maximum atomic E-state index is 13.4. The number of esters is 1. The van der Waals surface area contributed by atoms with Gasteiger partial charge in [0.15, 0.2) is 0 Å². The predicted octanol–water partition coefficient (Wildman–Crippen LogP) is 5.56. The monoisotopic (exact) mass is 463 g/mol. The normalized spacial score (nSPS) is 17.1. The van der Waals surface area contributed by atoms with Gasteiger partial charge in [-0.2, -0.15) is 5.26 Å². The highest BCUT2D eigenvalue weighted by atomic mass is 16.5. The zero-order valence-corrected chi connectivity index (χ0v) is 19.7. The topological polar surface area (TPSA) is 76.4 Å². The first-order valence-electron chi connectivity index (χ1n) is 11.3. The number of ether oxygens (including phenoxy) is 2. The summed E-state index contributed by atoms with van der Waals surface area (Å²) in [6.45, 7) is 3.25. The van der Waals surface area contributed by atoms with E-state index in [2.05, 4.69) is 6.07 Å². The number of nitriles is 1. The molecule has 1 aliphatic heterocycles. The Balaban J connectivity index is 1.74. The highest BCUT2D eigenvalue weighted by Gasteiger charge is 2.48. The molecule has 0 bridgehead atoms. The molecule has 0 aliphatic carbocycles. The van der Waals surface area contributed by atoms with Crippen molar-refractivity contribution in [2.45, 2.75) is 32.3 Å². The molecule has 0 fully saturated rings. The summed E-state index contributed by atoms with van der Waals surface area (Å²) >= 11 is 0. The summed E-state index contributed by atoms with van der Waals surface area (Å²) < 4.78 is 11.7. The second-order valence-electron chi connectivity index (χ2n) is 8.42. The number of ketones is 1. The molecule has 5 heteroatoms. The number of rotatable bonds is 7. The quantitative estimate of drug-likeness (QED) is 0.429. The van der Waals surface area contributed by atoms with Crippen molar-refractivity contribution >= 4 is 11.8 Å². The molecule has 0 aromatic heterocycles. The Labute approximate surface area is 204 Å². The van der Waals surface area contributed by atoms with Crippen molar-refractivity contribution in [2.75, 3.05) is 0 Å². The maximum Gasteiger partial charge on any atom is 0.339 e. The van der Waals surface area contributed by atoms with Crippen molar-refractivity contribution in [3.63, 3.8) is 0 Å². The molecule has 0 N–H and O–H groups in total. The molecule has 4 rings (SSSR count). The first-order chi connectivity index (χ1) is 16.9. The molecular weight excluding hydrogens is 438 g/mol. The van der Waals surface area contributed by atoms with E-state index in [4.69, 9.17) is 14.7 Å². The van der Waals surface area contributed by atoms with Crippen LogP contribution in [0.25, 0.3) is 0 Å². The molecule has 35 heavy (non-hydrogen) atoms. The SMILES string of the molecule is CC(=O)C1(c2ccccc2)C=C(Cc2ccc(C#N)cc2)OC(C)=C1C(=O)OCc1ccccc1. The van der Waals surface area contributed by atoms with E-state index in [-0.39, 0.29) is 18.0 Å². The summed E-state index contributed by atoms with van der Waals surface area (Å²) in [5, 5.41) is 9.06. The van der Waals surface area contributed by atoms with E-state index in [1.54, 1.807) is 25.1 Å². The van der Waals surface area contributed by atoms with Gasteiger partial charge in [-0.25, -0.2) is 4.79 Å². The molecule has 1 unspecified atom stereocenters. The molecule has 0 saturated carbocycles. The Bertz CT molecular complexity index is 1330. The van der Waals surface area contributed by atoms with Gasteiger partial charge in [0.2, 0.25) is 0 Å². The van der Waals surface area contributed by atoms with E-state index in [0.717, 1.165) is 11.1 Å². The van der Waals surface area contributed by atoms with Crippen molar-refractivity contribution in [3.05, 3.63) is 130 Å². The van der Waals surface area contributed by atoms with Gasteiger partial charge < -0.3 is 9.47 Å². The summed E-state index contributed by atoms with van der Waals surface area (Å²) in [6, 6.07) is 27.9. The number of carbonyl (C=O) groups excluding carboxylic acids is 2. The van der Waals surface area contributed by atoms with Crippen LogP contribution in [0.1, 0.15) is 36.1 Å². The largest absolute Gasteiger partial charge is 0.466 e. The van der Waals surface area contributed by atoms with E-state index in [1.807, 2.05) is 72.8 Å². The standard InChI is InChI=1S/C30H25NO4/c1-21-28(29(33)34-20-25-9-5-3-6-10-25)30(22(2)32,26-11-7-4-8-12-26)18-27(35-21)17-23-13-15-24(19-31)16-14-23/h3-16,18H,17,20H2,1-2H3. The van der Waals surface area contributed by atoms with Gasteiger partial charge in [0.25, 0.3) is 0 Å². The number of Topliss-reactive ketones (excluding diaryl/α,β-unsaturated/α-hetero) is 1. The number of allylic oxidation sites excluding steroid dienone is 3. The molecule has 0 amide bonds. The zero-order chi connectivity index (χ0) is 24.8. The Morgan fingerprint density at radius 2 is 1.54 bits per heavy atom. The third-order valence-electron chi connectivity index (χ3n) is 6.07. The number of benzene rings is 3. The van der Waals surface area contributed by atoms with Crippen LogP contribution in [-0.2, 0) is 37.5 Å². The van der Waals surface area contributed by atoms with Gasteiger partial charge in [-0.3, -0.25) is 4.79 Å². The minimum Gasteiger partial charge on any atom is -0.466 e.